The lowest BCUT2D eigenvalue weighted by molar-refractivity contribution is -0.185. The van der Waals surface area contributed by atoms with Gasteiger partial charge in [-0.1, -0.05) is 22.0 Å². The molecule has 1 aliphatic rings. The van der Waals surface area contributed by atoms with Crippen molar-refractivity contribution in [3.8, 4) is 5.75 Å². The van der Waals surface area contributed by atoms with Crippen molar-refractivity contribution in [2.24, 2.45) is 5.92 Å². The van der Waals surface area contributed by atoms with Gasteiger partial charge in [-0.15, -0.1) is 0 Å². The van der Waals surface area contributed by atoms with Gasteiger partial charge in [0.15, 0.2) is 0 Å². The first-order valence-corrected chi connectivity index (χ1v) is 7.31. The molecule has 0 radical (unpaired) electrons. The number of nitrogens with zero attached hydrogens (tertiary/aromatic N) is 1. The Balaban J connectivity index is 1.96. The lowest BCUT2D eigenvalue weighted by Gasteiger charge is -2.33. The molecule has 1 aromatic carbocycles. The Kier molecular flexibility index (Phi) is 4.96. The average molecular weight is 352 g/mol. The normalized spacial score (nSPS) is 18.2. The van der Waals surface area contributed by atoms with E-state index in [4.69, 9.17) is 4.74 Å². The van der Waals surface area contributed by atoms with Crippen LogP contribution in [0.2, 0.25) is 0 Å². The molecule has 0 bridgehead atoms. The van der Waals surface area contributed by atoms with E-state index in [9.17, 15) is 13.2 Å². The Morgan fingerprint density at radius 3 is 2.50 bits per heavy atom. The zero-order valence-electron chi connectivity index (χ0n) is 11.2. The lowest BCUT2D eigenvalue weighted by atomic mass is 9.96. The van der Waals surface area contributed by atoms with Crippen LogP contribution in [-0.4, -0.2) is 31.3 Å². The summed E-state index contributed by atoms with van der Waals surface area (Å²) in [6.07, 6.45) is -3.69. The van der Waals surface area contributed by atoms with Crippen LogP contribution in [0.15, 0.2) is 22.7 Å². The zero-order chi connectivity index (χ0) is 14.8. The van der Waals surface area contributed by atoms with Crippen LogP contribution >= 0.6 is 15.9 Å². The molecule has 0 aromatic heterocycles. The standard InChI is InChI=1S/C14H17BrF3NO/c1-20-13-8-12(15)3-2-10(13)9-19-6-4-11(5-7-19)14(16,17)18/h2-3,8,11H,4-7,9H2,1H3. The highest BCUT2D eigenvalue weighted by Gasteiger charge is 2.40. The number of hydrogen-bond acceptors (Lipinski definition) is 2. The molecule has 112 valence electrons. The summed E-state index contributed by atoms with van der Waals surface area (Å²) in [5.41, 5.74) is 1.00. The van der Waals surface area contributed by atoms with E-state index in [-0.39, 0.29) is 12.8 Å². The summed E-state index contributed by atoms with van der Waals surface area (Å²) in [6.45, 7) is 1.58. The number of rotatable bonds is 3. The zero-order valence-corrected chi connectivity index (χ0v) is 12.8. The molecule has 0 aliphatic carbocycles. The van der Waals surface area contributed by atoms with Gasteiger partial charge in [-0.2, -0.15) is 13.2 Å². The van der Waals surface area contributed by atoms with Gasteiger partial charge in [-0.05, 0) is 38.1 Å². The topological polar surface area (TPSA) is 12.5 Å². The van der Waals surface area contributed by atoms with Crippen LogP contribution in [0, 0.1) is 5.92 Å². The number of hydrogen-bond donors (Lipinski definition) is 0. The van der Waals surface area contributed by atoms with Gasteiger partial charge < -0.3 is 4.74 Å². The molecule has 1 saturated heterocycles. The van der Waals surface area contributed by atoms with Crippen LogP contribution in [0.5, 0.6) is 5.75 Å². The second kappa shape index (κ2) is 6.35. The molecule has 1 aromatic rings. The molecule has 1 aliphatic heterocycles. The van der Waals surface area contributed by atoms with Crippen molar-refractivity contribution >= 4 is 15.9 Å². The van der Waals surface area contributed by atoms with Gasteiger partial charge >= 0.3 is 6.18 Å². The Morgan fingerprint density at radius 1 is 1.30 bits per heavy atom. The number of benzene rings is 1. The minimum absolute atomic E-state index is 0.183. The summed E-state index contributed by atoms with van der Waals surface area (Å²) < 4.78 is 44.1. The van der Waals surface area contributed by atoms with Crippen LogP contribution in [0.4, 0.5) is 13.2 Å². The molecule has 1 heterocycles. The Bertz CT molecular complexity index is 456. The van der Waals surface area contributed by atoms with Gasteiger partial charge in [0.05, 0.1) is 13.0 Å². The van der Waals surface area contributed by atoms with Gasteiger partial charge in [0.25, 0.3) is 0 Å². The molecule has 2 rings (SSSR count). The van der Waals surface area contributed by atoms with Crippen molar-refractivity contribution < 1.29 is 17.9 Å². The van der Waals surface area contributed by atoms with E-state index in [1.807, 2.05) is 23.1 Å². The smallest absolute Gasteiger partial charge is 0.391 e. The van der Waals surface area contributed by atoms with E-state index in [0.29, 0.717) is 19.6 Å². The molecule has 0 N–H and O–H groups in total. The fraction of sp³-hybridized carbons (Fsp3) is 0.571. The third kappa shape index (κ3) is 3.88. The van der Waals surface area contributed by atoms with E-state index in [1.54, 1.807) is 7.11 Å². The van der Waals surface area contributed by atoms with Gasteiger partial charge in [0.2, 0.25) is 0 Å². The number of likely N-dealkylation sites (tertiary alicyclic amines) is 1. The Labute approximate surface area is 125 Å². The third-order valence-corrected chi connectivity index (χ3v) is 4.19. The largest absolute Gasteiger partial charge is 0.496 e. The molecule has 0 atom stereocenters. The van der Waals surface area contributed by atoms with E-state index in [0.717, 1.165) is 15.8 Å². The first kappa shape index (κ1) is 15.6. The van der Waals surface area contributed by atoms with E-state index >= 15 is 0 Å². The highest BCUT2D eigenvalue weighted by Crippen LogP contribution is 2.35. The minimum Gasteiger partial charge on any atom is -0.496 e. The fourth-order valence-corrected chi connectivity index (χ4v) is 2.85. The predicted molar refractivity (Wildman–Crippen MR) is 74.8 cm³/mol. The van der Waals surface area contributed by atoms with Crippen molar-refractivity contribution in [1.82, 2.24) is 4.90 Å². The van der Waals surface area contributed by atoms with Crippen molar-refractivity contribution in [1.29, 1.82) is 0 Å². The molecule has 0 spiro atoms. The number of piperidine rings is 1. The van der Waals surface area contributed by atoms with Gasteiger partial charge in [0, 0.05) is 16.6 Å². The van der Waals surface area contributed by atoms with Crippen LogP contribution in [-0.2, 0) is 6.54 Å². The number of halogens is 4. The molecule has 1 fully saturated rings. The molecule has 2 nitrogen and oxygen atoms in total. The van der Waals surface area contributed by atoms with Gasteiger partial charge in [0.1, 0.15) is 5.75 Å². The summed E-state index contributed by atoms with van der Waals surface area (Å²) in [4.78, 5) is 2.05. The molecule has 20 heavy (non-hydrogen) atoms. The van der Waals surface area contributed by atoms with Crippen molar-refractivity contribution in [3.05, 3.63) is 28.2 Å². The fourth-order valence-electron chi connectivity index (χ4n) is 2.51. The monoisotopic (exact) mass is 351 g/mol. The number of ether oxygens (including phenoxy) is 1. The summed E-state index contributed by atoms with van der Waals surface area (Å²) in [5, 5.41) is 0. The summed E-state index contributed by atoms with van der Waals surface area (Å²) in [7, 11) is 1.60. The molecule has 6 heteroatoms. The lowest BCUT2D eigenvalue weighted by Crippen LogP contribution is -2.38. The van der Waals surface area contributed by atoms with Crippen LogP contribution in [0.1, 0.15) is 18.4 Å². The summed E-state index contributed by atoms with van der Waals surface area (Å²) in [5.74, 6) is -0.386. The second-order valence-corrected chi connectivity index (χ2v) is 5.96. The number of alkyl halides is 3. The second-order valence-electron chi connectivity index (χ2n) is 5.05. The van der Waals surface area contributed by atoms with Crippen LogP contribution < -0.4 is 4.74 Å². The maximum Gasteiger partial charge on any atom is 0.391 e. The Hall–Kier alpha value is -0.750. The first-order chi connectivity index (χ1) is 9.40. The SMILES string of the molecule is COc1cc(Br)ccc1CN1CCC(C(F)(F)F)CC1. The molecule has 0 amide bonds. The predicted octanol–water partition coefficient (Wildman–Crippen LogP) is 4.23. The molecular formula is C14H17BrF3NO. The van der Waals surface area contributed by atoms with E-state index in [1.165, 1.54) is 0 Å². The van der Waals surface area contributed by atoms with E-state index < -0.39 is 12.1 Å². The first-order valence-electron chi connectivity index (χ1n) is 6.51. The van der Waals surface area contributed by atoms with Crippen molar-refractivity contribution in [2.75, 3.05) is 20.2 Å². The molecular weight excluding hydrogens is 335 g/mol. The average Bonchev–Trinajstić information content (AvgIpc) is 2.40. The minimum atomic E-state index is -4.05. The van der Waals surface area contributed by atoms with Crippen LogP contribution in [0.3, 0.4) is 0 Å². The van der Waals surface area contributed by atoms with Gasteiger partial charge in [-0.3, -0.25) is 4.90 Å². The van der Waals surface area contributed by atoms with E-state index in [2.05, 4.69) is 15.9 Å². The highest BCUT2D eigenvalue weighted by atomic mass is 79.9. The Morgan fingerprint density at radius 2 is 1.95 bits per heavy atom. The quantitative estimate of drug-likeness (QED) is 0.807. The van der Waals surface area contributed by atoms with Crippen molar-refractivity contribution in [2.45, 2.75) is 25.6 Å². The maximum atomic E-state index is 12.6. The summed E-state index contributed by atoms with van der Waals surface area (Å²) >= 11 is 3.37. The van der Waals surface area contributed by atoms with Crippen LogP contribution in [0.25, 0.3) is 0 Å². The number of methoxy groups -OCH3 is 1. The highest BCUT2D eigenvalue weighted by molar-refractivity contribution is 9.10. The third-order valence-electron chi connectivity index (χ3n) is 3.69. The van der Waals surface area contributed by atoms with Crippen molar-refractivity contribution in [3.63, 3.8) is 0 Å². The van der Waals surface area contributed by atoms with Gasteiger partial charge in [-0.25, -0.2) is 0 Å². The summed E-state index contributed by atoms with van der Waals surface area (Å²) in [6, 6.07) is 5.73. The molecule has 0 unspecified atom stereocenters. The maximum absolute atomic E-state index is 12.6. The molecule has 0 saturated carbocycles.